The number of ether oxygens (including phenoxy) is 2. The van der Waals surface area contributed by atoms with Crippen molar-refractivity contribution in [2.45, 2.75) is 26.2 Å². The van der Waals surface area contributed by atoms with Gasteiger partial charge in [0.05, 0.1) is 0 Å². The van der Waals surface area contributed by atoms with Crippen LogP contribution in [0.3, 0.4) is 0 Å². The highest BCUT2D eigenvalue weighted by molar-refractivity contribution is 5.79. The second kappa shape index (κ2) is 6.70. The van der Waals surface area contributed by atoms with Crippen molar-refractivity contribution >= 4 is 5.96 Å². The highest BCUT2D eigenvalue weighted by Gasteiger charge is 2.20. The number of benzene rings is 1. The van der Waals surface area contributed by atoms with Crippen LogP contribution in [0.5, 0.6) is 11.5 Å². The zero-order valence-electron chi connectivity index (χ0n) is 12.5. The van der Waals surface area contributed by atoms with Gasteiger partial charge in [-0.2, -0.15) is 0 Å². The predicted octanol–water partition coefficient (Wildman–Crippen LogP) is 1.92. The van der Waals surface area contributed by atoms with Crippen LogP contribution in [0.2, 0.25) is 0 Å². The Morgan fingerprint density at radius 3 is 2.90 bits per heavy atom. The molecule has 1 aliphatic heterocycles. The highest BCUT2D eigenvalue weighted by Crippen LogP contribution is 2.32. The van der Waals surface area contributed by atoms with Gasteiger partial charge in [0, 0.05) is 19.6 Å². The molecule has 5 nitrogen and oxygen atoms in total. The van der Waals surface area contributed by atoms with Gasteiger partial charge >= 0.3 is 0 Å². The van der Waals surface area contributed by atoms with Gasteiger partial charge in [0.15, 0.2) is 17.5 Å². The third-order valence-corrected chi connectivity index (χ3v) is 3.69. The van der Waals surface area contributed by atoms with Crippen LogP contribution in [0, 0.1) is 5.92 Å². The summed E-state index contributed by atoms with van der Waals surface area (Å²) in [5.41, 5.74) is 1.24. The fourth-order valence-electron chi connectivity index (χ4n) is 2.28. The first-order valence-corrected chi connectivity index (χ1v) is 7.76. The molecule has 2 aliphatic rings. The van der Waals surface area contributed by atoms with E-state index in [0.717, 1.165) is 49.4 Å². The van der Waals surface area contributed by atoms with Gasteiger partial charge < -0.3 is 20.1 Å². The lowest BCUT2D eigenvalue weighted by atomic mass is 10.1. The van der Waals surface area contributed by atoms with Crippen LogP contribution in [0.1, 0.15) is 25.3 Å². The van der Waals surface area contributed by atoms with Gasteiger partial charge in [-0.15, -0.1) is 0 Å². The van der Waals surface area contributed by atoms with Crippen molar-refractivity contribution in [1.82, 2.24) is 10.6 Å². The number of nitrogens with one attached hydrogen (secondary N) is 2. The van der Waals surface area contributed by atoms with E-state index in [2.05, 4.69) is 34.7 Å². The first kappa shape index (κ1) is 14.0. The summed E-state index contributed by atoms with van der Waals surface area (Å²) < 4.78 is 10.7. The van der Waals surface area contributed by atoms with E-state index in [0.29, 0.717) is 6.79 Å². The van der Waals surface area contributed by atoms with Crippen LogP contribution in [0.4, 0.5) is 0 Å². The number of aliphatic imine (C=N–C) groups is 1. The van der Waals surface area contributed by atoms with Crippen LogP contribution in [0.15, 0.2) is 23.2 Å². The second-order valence-corrected chi connectivity index (χ2v) is 5.53. The summed E-state index contributed by atoms with van der Waals surface area (Å²) in [5.74, 6) is 3.42. The van der Waals surface area contributed by atoms with Gasteiger partial charge in [0.1, 0.15) is 0 Å². The Kier molecular flexibility index (Phi) is 4.48. The van der Waals surface area contributed by atoms with Crippen molar-refractivity contribution in [3.05, 3.63) is 23.8 Å². The van der Waals surface area contributed by atoms with Crippen LogP contribution in [-0.2, 0) is 6.42 Å². The summed E-state index contributed by atoms with van der Waals surface area (Å²) in [6, 6.07) is 6.12. The number of fused-ring (bicyclic) bond motifs is 1. The molecule has 0 spiro atoms. The first-order chi connectivity index (χ1) is 10.3. The normalized spacial score (nSPS) is 16.9. The number of nitrogens with zero attached hydrogens (tertiary/aromatic N) is 1. The van der Waals surface area contributed by atoms with E-state index >= 15 is 0 Å². The molecular formula is C16H23N3O2. The van der Waals surface area contributed by atoms with Crippen molar-refractivity contribution in [3.63, 3.8) is 0 Å². The monoisotopic (exact) mass is 289 g/mol. The second-order valence-electron chi connectivity index (χ2n) is 5.53. The molecule has 1 aromatic carbocycles. The Hall–Kier alpha value is -1.91. The molecule has 114 valence electrons. The summed E-state index contributed by atoms with van der Waals surface area (Å²) in [6.45, 7) is 5.11. The predicted molar refractivity (Wildman–Crippen MR) is 83.0 cm³/mol. The molecule has 3 rings (SSSR count). The molecular weight excluding hydrogens is 266 g/mol. The van der Waals surface area contributed by atoms with Crippen LogP contribution >= 0.6 is 0 Å². The molecule has 0 saturated heterocycles. The minimum atomic E-state index is 0.329. The van der Waals surface area contributed by atoms with Crippen molar-refractivity contribution in [2.24, 2.45) is 10.9 Å². The lowest BCUT2D eigenvalue weighted by Gasteiger charge is -2.11. The Morgan fingerprint density at radius 1 is 1.24 bits per heavy atom. The largest absolute Gasteiger partial charge is 0.454 e. The summed E-state index contributed by atoms with van der Waals surface area (Å²) in [6.07, 6.45) is 3.60. The fourth-order valence-corrected chi connectivity index (χ4v) is 2.28. The number of hydrogen-bond acceptors (Lipinski definition) is 3. The average molecular weight is 289 g/mol. The third-order valence-electron chi connectivity index (χ3n) is 3.69. The average Bonchev–Trinajstić information content (AvgIpc) is 3.20. The van der Waals surface area contributed by atoms with Crippen LogP contribution in [0.25, 0.3) is 0 Å². The van der Waals surface area contributed by atoms with E-state index < -0.39 is 0 Å². The molecule has 1 heterocycles. The molecule has 0 amide bonds. The van der Waals surface area contributed by atoms with Crippen LogP contribution < -0.4 is 20.1 Å². The van der Waals surface area contributed by atoms with E-state index in [-0.39, 0.29) is 0 Å². The maximum absolute atomic E-state index is 5.40. The van der Waals surface area contributed by atoms with E-state index in [1.54, 1.807) is 0 Å². The zero-order valence-corrected chi connectivity index (χ0v) is 12.5. The summed E-state index contributed by atoms with van der Waals surface area (Å²) in [4.78, 5) is 4.61. The van der Waals surface area contributed by atoms with Gasteiger partial charge in [0.25, 0.3) is 0 Å². The Balaban J connectivity index is 1.48. The maximum Gasteiger partial charge on any atom is 0.231 e. The van der Waals surface area contributed by atoms with Crippen molar-refractivity contribution in [3.8, 4) is 11.5 Å². The van der Waals surface area contributed by atoms with Crippen molar-refractivity contribution in [2.75, 3.05) is 26.4 Å². The van der Waals surface area contributed by atoms with Crippen LogP contribution in [-0.4, -0.2) is 32.4 Å². The summed E-state index contributed by atoms with van der Waals surface area (Å²) >= 11 is 0. The molecule has 0 atom stereocenters. The molecule has 2 N–H and O–H groups in total. The van der Waals surface area contributed by atoms with Gasteiger partial charge in [-0.05, 0) is 49.8 Å². The molecule has 1 aromatic rings. The van der Waals surface area contributed by atoms with E-state index in [9.17, 15) is 0 Å². The standard InChI is InChI=1S/C16H23N3O2/c1-2-17-16(19-10-13-3-4-13)18-8-7-12-5-6-14-15(9-12)21-11-20-14/h5-6,9,13H,2-4,7-8,10-11H2,1H3,(H2,17,18,19). The smallest absolute Gasteiger partial charge is 0.231 e. The first-order valence-electron chi connectivity index (χ1n) is 7.76. The fraction of sp³-hybridized carbons (Fsp3) is 0.562. The van der Waals surface area contributed by atoms with Crippen molar-refractivity contribution < 1.29 is 9.47 Å². The van der Waals surface area contributed by atoms with E-state index in [4.69, 9.17) is 9.47 Å². The maximum atomic E-state index is 5.40. The lowest BCUT2D eigenvalue weighted by molar-refractivity contribution is 0.174. The minimum Gasteiger partial charge on any atom is -0.454 e. The molecule has 5 heteroatoms. The topological polar surface area (TPSA) is 54.9 Å². The molecule has 0 aromatic heterocycles. The Labute approximate surface area is 125 Å². The summed E-state index contributed by atoms with van der Waals surface area (Å²) in [5, 5.41) is 6.67. The quantitative estimate of drug-likeness (QED) is 0.620. The van der Waals surface area contributed by atoms with Gasteiger partial charge in [-0.1, -0.05) is 6.07 Å². The lowest BCUT2D eigenvalue weighted by Crippen LogP contribution is -2.38. The zero-order chi connectivity index (χ0) is 14.5. The Morgan fingerprint density at radius 2 is 2.10 bits per heavy atom. The van der Waals surface area contributed by atoms with E-state index in [1.165, 1.54) is 18.4 Å². The molecule has 1 fully saturated rings. The summed E-state index contributed by atoms with van der Waals surface area (Å²) in [7, 11) is 0. The number of hydrogen-bond donors (Lipinski definition) is 2. The van der Waals surface area contributed by atoms with Crippen molar-refractivity contribution in [1.29, 1.82) is 0 Å². The molecule has 0 unspecified atom stereocenters. The molecule has 1 saturated carbocycles. The molecule has 21 heavy (non-hydrogen) atoms. The number of guanidine groups is 1. The van der Waals surface area contributed by atoms with Gasteiger partial charge in [0.2, 0.25) is 6.79 Å². The molecule has 0 bridgehead atoms. The third kappa shape index (κ3) is 4.03. The molecule has 0 radical (unpaired) electrons. The van der Waals surface area contributed by atoms with Gasteiger partial charge in [-0.25, -0.2) is 0 Å². The van der Waals surface area contributed by atoms with E-state index in [1.807, 2.05) is 6.07 Å². The SMILES string of the molecule is CCNC(=NCC1CC1)NCCc1ccc2c(c1)OCO2. The number of rotatable bonds is 6. The minimum absolute atomic E-state index is 0.329. The highest BCUT2D eigenvalue weighted by atomic mass is 16.7. The molecule has 1 aliphatic carbocycles. The van der Waals surface area contributed by atoms with Gasteiger partial charge in [-0.3, -0.25) is 4.99 Å². The Bertz CT molecular complexity index is 512.